The van der Waals surface area contributed by atoms with Gasteiger partial charge in [-0.05, 0) is 50.6 Å². The van der Waals surface area contributed by atoms with Gasteiger partial charge in [0.05, 0.1) is 16.7 Å². The van der Waals surface area contributed by atoms with Crippen molar-refractivity contribution in [2.24, 2.45) is 0 Å². The lowest BCUT2D eigenvalue weighted by molar-refractivity contribution is 0.160. The minimum absolute atomic E-state index is 0.311. The SMILES string of the molecule is CN1CCN(c2ccc(-c3nc4c(s3)C(O)CCC4)cc2)CC1. The molecule has 1 aliphatic carbocycles. The lowest BCUT2D eigenvalue weighted by Gasteiger charge is -2.34. The van der Waals surface area contributed by atoms with Gasteiger partial charge < -0.3 is 14.9 Å². The van der Waals surface area contributed by atoms with Crippen molar-refractivity contribution in [2.45, 2.75) is 25.4 Å². The zero-order chi connectivity index (χ0) is 15.8. The Kier molecular flexibility index (Phi) is 4.09. The Labute approximate surface area is 141 Å². The van der Waals surface area contributed by atoms with Gasteiger partial charge in [-0.25, -0.2) is 4.98 Å². The number of rotatable bonds is 2. The zero-order valence-corrected chi connectivity index (χ0v) is 14.4. The second-order valence-electron chi connectivity index (χ2n) is 6.58. The first-order valence-electron chi connectivity index (χ1n) is 8.42. The molecule has 1 N–H and O–H groups in total. The molecule has 4 nitrogen and oxygen atoms in total. The molecule has 1 aromatic heterocycles. The predicted molar refractivity (Wildman–Crippen MR) is 95.2 cm³/mol. The molecule has 1 aromatic carbocycles. The van der Waals surface area contributed by atoms with Crippen LogP contribution in [-0.2, 0) is 6.42 Å². The van der Waals surface area contributed by atoms with Gasteiger partial charge in [-0.15, -0.1) is 11.3 Å². The van der Waals surface area contributed by atoms with Crippen LogP contribution in [0.4, 0.5) is 5.69 Å². The topological polar surface area (TPSA) is 39.6 Å². The Morgan fingerprint density at radius 1 is 1.13 bits per heavy atom. The van der Waals surface area contributed by atoms with E-state index in [1.807, 2.05) is 0 Å². The van der Waals surface area contributed by atoms with Gasteiger partial charge in [-0.3, -0.25) is 0 Å². The van der Waals surface area contributed by atoms with Gasteiger partial charge in [0, 0.05) is 37.4 Å². The van der Waals surface area contributed by atoms with Crippen molar-refractivity contribution in [2.75, 3.05) is 38.1 Å². The molecule has 1 fully saturated rings. The van der Waals surface area contributed by atoms with Crippen LogP contribution < -0.4 is 4.90 Å². The number of fused-ring (bicyclic) bond motifs is 1. The number of aliphatic hydroxyl groups is 1. The summed E-state index contributed by atoms with van der Waals surface area (Å²) in [5.41, 5.74) is 3.56. The fraction of sp³-hybridized carbons (Fsp3) is 0.500. The Morgan fingerprint density at radius 3 is 2.57 bits per heavy atom. The van der Waals surface area contributed by atoms with Gasteiger partial charge >= 0.3 is 0 Å². The van der Waals surface area contributed by atoms with E-state index >= 15 is 0 Å². The summed E-state index contributed by atoms with van der Waals surface area (Å²) in [4.78, 5) is 10.7. The molecule has 0 radical (unpaired) electrons. The number of anilines is 1. The summed E-state index contributed by atoms with van der Waals surface area (Å²) in [7, 11) is 2.18. The number of thiazole rings is 1. The molecule has 5 heteroatoms. The van der Waals surface area contributed by atoms with E-state index in [0.717, 1.165) is 66.6 Å². The van der Waals surface area contributed by atoms with E-state index in [0.29, 0.717) is 0 Å². The van der Waals surface area contributed by atoms with E-state index in [9.17, 15) is 5.11 Å². The monoisotopic (exact) mass is 329 g/mol. The third-order valence-electron chi connectivity index (χ3n) is 4.90. The fourth-order valence-corrected chi connectivity index (χ4v) is 4.54. The molecule has 0 spiro atoms. The van der Waals surface area contributed by atoms with Crippen molar-refractivity contribution in [1.82, 2.24) is 9.88 Å². The predicted octanol–water partition coefficient (Wildman–Crippen LogP) is 2.93. The second kappa shape index (κ2) is 6.23. The second-order valence-corrected chi connectivity index (χ2v) is 7.61. The maximum atomic E-state index is 10.1. The number of hydrogen-bond acceptors (Lipinski definition) is 5. The van der Waals surface area contributed by atoms with Crippen LogP contribution in [0.25, 0.3) is 10.6 Å². The van der Waals surface area contributed by atoms with E-state index < -0.39 is 0 Å². The number of nitrogens with zero attached hydrogens (tertiary/aromatic N) is 3. The lowest BCUT2D eigenvalue weighted by Crippen LogP contribution is -2.44. The molecule has 0 saturated carbocycles. The fourth-order valence-electron chi connectivity index (χ4n) is 3.40. The van der Waals surface area contributed by atoms with Gasteiger partial charge in [-0.1, -0.05) is 0 Å². The number of hydrogen-bond donors (Lipinski definition) is 1. The molecule has 122 valence electrons. The third-order valence-corrected chi connectivity index (χ3v) is 6.15. The van der Waals surface area contributed by atoms with Crippen LogP contribution in [0.2, 0.25) is 0 Å². The number of aromatic nitrogens is 1. The summed E-state index contributed by atoms with van der Waals surface area (Å²) in [6.07, 6.45) is 2.61. The Bertz CT molecular complexity index is 674. The maximum absolute atomic E-state index is 10.1. The van der Waals surface area contributed by atoms with Crippen LogP contribution in [0, 0.1) is 0 Å². The Hall–Kier alpha value is -1.43. The van der Waals surface area contributed by atoms with Crippen molar-refractivity contribution in [3.8, 4) is 10.6 Å². The molecule has 0 bridgehead atoms. The van der Waals surface area contributed by atoms with Crippen LogP contribution in [-0.4, -0.2) is 48.2 Å². The number of likely N-dealkylation sites (N-methyl/N-ethyl adjacent to an activating group) is 1. The summed E-state index contributed by atoms with van der Waals surface area (Å²) in [5.74, 6) is 0. The minimum atomic E-state index is -0.311. The average Bonchev–Trinajstić information content (AvgIpc) is 3.01. The summed E-state index contributed by atoms with van der Waals surface area (Å²) in [6, 6.07) is 8.75. The lowest BCUT2D eigenvalue weighted by atomic mass is 10.0. The summed E-state index contributed by atoms with van der Waals surface area (Å²) >= 11 is 1.66. The molecule has 23 heavy (non-hydrogen) atoms. The van der Waals surface area contributed by atoms with Crippen LogP contribution in [0.3, 0.4) is 0 Å². The molecule has 1 unspecified atom stereocenters. The third kappa shape index (κ3) is 3.01. The van der Waals surface area contributed by atoms with Crippen LogP contribution in [0.15, 0.2) is 24.3 Å². The van der Waals surface area contributed by atoms with Crippen molar-refractivity contribution in [3.63, 3.8) is 0 Å². The largest absolute Gasteiger partial charge is 0.388 e. The van der Waals surface area contributed by atoms with Gasteiger partial charge in [0.25, 0.3) is 0 Å². The van der Waals surface area contributed by atoms with Crippen molar-refractivity contribution in [3.05, 3.63) is 34.8 Å². The summed E-state index contributed by atoms with van der Waals surface area (Å²) in [5, 5.41) is 11.2. The molecule has 4 rings (SSSR count). The quantitative estimate of drug-likeness (QED) is 0.919. The first-order valence-corrected chi connectivity index (χ1v) is 9.24. The van der Waals surface area contributed by atoms with Gasteiger partial charge in [0.1, 0.15) is 5.01 Å². The highest BCUT2D eigenvalue weighted by Gasteiger charge is 2.23. The molecular weight excluding hydrogens is 306 g/mol. The molecule has 1 atom stereocenters. The van der Waals surface area contributed by atoms with Crippen molar-refractivity contribution in [1.29, 1.82) is 0 Å². The highest BCUT2D eigenvalue weighted by atomic mass is 32.1. The van der Waals surface area contributed by atoms with Crippen molar-refractivity contribution < 1.29 is 5.11 Å². The number of aryl methyl sites for hydroxylation is 1. The standard InChI is InChI=1S/C18H23N3OS/c1-20-9-11-21(12-10-20)14-7-5-13(6-8-14)18-19-15-3-2-4-16(22)17(15)23-18/h5-8,16,22H,2-4,9-12H2,1H3. The highest BCUT2D eigenvalue weighted by Crippen LogP contribution is 2.38. The number of piperazine rings is 1. The van der Waals surface area contributed by atoms with Crippen LogP contribution >= 0.6 is 11.3 Å². The van der Waals surface area contributed by atoms with Crippen LogP contribution in [0.5, 0.6) is 0 Å². The summed E-state index contributed by atoms with van der Waals surface area (Å²) in [6.45, 7) is 4.43. The van der Waals surface area contributed by atoms with E-state index in [4.69, 9.17) is 4.98 Å². The first-order chi connectivity index (χ1) is 11.2. The molecule has 1 saturated heterocycles. The van der Waals surface area contributed by atoms with Gasteiger partial charge in [0.15, 0.2) is 0 Å². The molecule has 0 amide bonds. The van der Waals surface area contributed by atoms with E-state index in [2.05, 4.69) is 41.1 Å². The molecule has 2 heterocycles. The van der Waals surface area contributed by atoms with E-state index in [1.54, 1.807) is 11.3 Å². The molecule has 2 aromatic rings. The Morgan fingerprint density at radius 2 is 1.87 bits per heavy atom. The smallest absolute Gasteiger partial charge is 0.123 e. The Balaban J connectivity index is 1.54. The maximum Gasteiger partial charge on any atom is 0.123 e. The normalized spacial score (nSPS) is 22.2. The first kappa shape index (κ1) is 15.1. The average molecular weight is 329 g/mol. The van der Waals surface area contributed by atoms with Gasteiger partial charge in [0.2, 0.25) is 0 Å². The van der Waals surface area contributed by atoms with E-state index in [-0.39, 0.29) is 6.10 Å². The van der Waals surface area contributed by atoms with Crippen LogP contribution in [0.1, 0.15) is 29.5 Å². The van der Waals surface area contributed by atoms with Crippen molar-refractivity contribution >= 4 is 17.0 Å². The number of aliphatic hydroxyl groups excluding tert-OH is 1. The van der Waals surface area contributed by atoms with E-state index in [1.165, 1.54) is 5.69 Å². The zero-order valence-electron chi connectivity index (χ0n) is 13.5. The molecular formula is C18H23N3OS. The minimum Gasteiger partial charge on any atom is -0.388 e. The van der Waals surface area contributed by atoms with Gasteiger partial charge in [-0.2, -0.15) is 0 Å². The number of benzene rings is 1. The molecule has 1 aliphatic heterocycles. The molecule has 2 aliphatic rings. The highest BCUT2D eigenvalue weighted by molar-refractivity contribution is 7.15. The summed E-state index contributed by atoms with van der Waals surface area (Å²) < 4.78 is 0.